The molecule has 15 aromatic carbocycles. The van der Waals surface area contributed by atoms with Gasteiger partial charge in [0, 0.05) is 99.3 Å². The molecule has 0 bridgehead atoms. The van der Waals surface area contributed by atoms with E-state index in [1.165, 1.54) is 95.7 Å². The van der Waals surface area contributed by atoms with Crippen LogP contribution in [0.5, 0.6) is 0 Å². The number of carbonyl (C=O) groups is 3. The molecule has 0 aliphatic heterocycles. The Morgan fingerprint density at radius 2 is 0.628 bits per heavy atom. The van der Waals surface area contributed by atoms with E-state index in [0.29, 0.717) is 22.2 Å². The van der Waals surface area contributed by atoms with Gasteiger partial charge in [0.25, 0.3) is 23.4 Å². The standard InChI is InChI=1S/4C18H15P.C13H9N3O5.C12H9N3O.C8H9BO3.C5H2ClN3O4.CH2O3.2K.Pd/c4*1-4-10-16(11-5-1)19(17-12-6-2-7-13-17)18-14-8-3-9-15-18;1-8(17)10-4-2-3-5-11(10)13-12(16(20)21)6-9(7-14-13)15(18)19;13-7-5-10-11(14-6-7)8-3-1-2-4-9(8)12(16)15-10;1-6(10)7-4-2-3-5-8(7)9(11)12;6-5-4(9(12)13)1-3(2-7-5)8(10)11;2-1-4-3;;;/h4*1-15H;2-7H,1H3;1-6H,13H2,(H,15,16);2-5,11-12H,1H3;1-2H;1,3H;;;/q;;;;;;;;;;+1;/p-1. The average Bonchev–Trinajstić information content (AvgIpc) is 0.772. The molecule has 4 aromatic heterocycles. The number of hydrogen-bond donors (Lipinski definition) is 4. The van der Waals surface area contributed by atoms with E-state index in [1.54, 1.807) is 48.7 Å². The fourth-order valence-electron chi connectivity index (χ4n) is 14.2. The molecule has 0 aliphatic rings. The predicted molar refractivity (Wildman–Crippen MR) is 580 cm³/mol. The molecule has 4 heterocycles. The molecule has 19 rings (SSSR count). The fraction of sp³-hybridized carbons (Fsp3) is 0.0180. The van der Waals surface area contributed by atoms with Gasteiger partial charge in [-0.1, -0.05) is 442 Å². The number of rotatable bonds is 21. The SMILES string of the molecule is CC(=O)c1ccccc1-c1ncc([N+](=O)[O-])cc1[N+](=O)[O-].CC(=O)c1ccccc1B(O)O.Nc1cnc2c(c1)[nH]c(=O)c1ccccc12.O=CO[O-].O=[N+]([O-])c1cnc(Cl)c([N+](=O)[O-])c1.[K+].[K].[Pd].c1ccc(P(c2ccccc2)c2ccccc2)cc1.c1ccc(P(c2ccccc2)c2ccccc2)cc1.c1ccc(P(c2ccccc2)c2ccccc2)cc1.c1ccc(P(c2ccccc2)c2ccccc2)cc1. The second-order valence-electron chi connectivity index (χ2n) is 29.9. The van der Waals surface area contributed by atoms with Crippen LogP contribution in [-0.2, 0) is 30.1 Å². The van der Waals surface area contributed by atoms with Crippen LogP contribution < -0.4 is 137 Å². The third-order valence-corrected chi connectivity index (χ3v) is 30.5. The molecular formula is C111H90BClK2N9O16P4Pd. The van der Waals surface area contributed by atoms with Gasteiger partial charge < -0.3 is 30.9 Å². The summed E-state index contributed by atoms with van der Waals surface area (Å²) in [6.45, 7) is 2.54. The summed E-state index contributed by atoms with van der Waals surface area (Å²) in [6.07, 6.45) is 3.38. The van der Waals surface area contributed by atoms with Gasteiger partial charge in [-0.3, -0.25) is 64.6 Å². The number of carbonyl (C=O) groups excluding carboxylic acids is 3. The molecule has 0 saturated heterocycles. The second kappa shape index (κ2) is 62.9. The number of pyridine rings is 4. The summed E-state index contributed by atoms with van der Waals surface area (Å²) in [4.78, 5) is 98.8. The van der Waals surface area contributed by atoms with Crippen LogP contribution in [0.4, 0.5) is 28.4 Å². The first kappa shape index (κ1) is 118. The van der Waals surface area contributed by atoms with Crippen molar-refractivity contribution in [3.05, 3.63) is 541 Å². The van der Waals surface area contributed by atoms with Gasteiger partial charge in [0.1, 0.15) is 18.1 Å². The summed E-state index contributed by atoms with van der Waals surface area (Å²) in [7, 11) is -3.36. The van der Waals surface area contributed by atoms with Crippen molar-refractivity contribution in [2.45, 2.75) is 13.8 Å². The van der Waals surface area contributed by atoms with E-state index in [1.807, 2.05) is 18.2 Å². The van der Waals surface area contributed by atoms with E-state index >= 15 is 0 Å². The van der Waals surface area contributed by atoms with Gasteiger partial charge in [-0.2, -0.15) is 0 Å². The minimum absolute atomic E-state index is 0. The number of nitrogen functional groups attached to an aromatic ring is 1. The molecule has 0 aliphatic carbocycles. The number of nitrogens with two attached hydrogens (primary N) is 1. The number of ketones is 2. The van der Waals surface area contributed by atoms with Crippen LogP contribution in [0, 0.1) is 40.5 Å². The van der Waals surface area contributed by atoms with Crippen molar-refractivity contribution >= 4 is 239 Å². The van der Waals surface area contributed by atoms with Crippen LogP contribution in [0.15, 0.2) is 478 Å². The molecule has 19 aromatic rings. The van der Waals surface area contributed by atoms with Crippen molar-refractivity contribution < 1.29 is 126 Å². The Balaban J connectivity index is 0.000000202. The number of aromatic amines is 1. The summed E-state index contributed by atoms with van der Waals surface area (Å²) in [5, 5.41) is 86.3. The van der Waals surface area contributed by atoms with Crippen molar-refractivity contribution in [3.8, 4) is 11.3 Å². The average molecular weight is 2160 g/mol. The molecular weight excluding hydrogens is 2070 g/mol. The van der Waals surface area contributed by atoms with Gasteiger partial charge in [-0.05, 0) is 127 Å². The van der Waals surface area contributed by atoms with E-state index < -0.39 is 81.2 Å². The number of H-pyrrole nitrogens is 1. The fourth-order valence-corrected chi connectivity index (χ4v) is 23.6. The van der Waals surface area contributed by atoms with Gasteiger partial charge in [0.05, 0.1) is 54.7 Å². The van der Waals surface area contributed by atoms with Gasteiger partial charge in [-0.25, -0.2) is 9.97 Å². The zero-order valence-electron chi connectivity index (χ0n) is 78.5. The Kier molecular flexibility index (Phi) is 51.0. The van der Waals surface area contributed by atoms with Crippen LogP contribution in [-0.4, -0.2) is 126 Å². The number of nitrogens with zero attached hydrogens (tertiary/aromatic N) is 7. The van der Waals surface area contributed by atoms with Crippen molar-refractivity contribution in [1.29, 1.82) is 0 Å². The zero-order chi connectivity index (χ0) is 101. The number of halogens is 1. The van der Waals surface area contributed by atoms with E-state index in [4.69, 9.17) is 37.4 Å². The smallest absolute Gasteiger partial charge is 0.662 e. The van der Waals surface area contributed by atoms with Crippen LogP contribution in [0.25, 0.3) is 33.1 Å². The Bertz CT molecular complexity index is 6530. The molecule has 0 spiro atoms. The molecule has 34 heteroatoms. The van der Waals surface area contributed by atoms with Gasteiger partial charge in [-0.15, -0.1) is 0 Å². The molecule has 25 nitrogen and oxygen atoms in total. The quantitative estimate of drug-likeness (QED) is 0.00597. The number of aromatic nitrogens is 4. The van der Waals surface area contributed by atoms with Gasteiger partial charge in [0.15, 0.2) is 11.6 Å². The first-order valence-corrected chi connectivity index (χ1v) is 49.3. The van der Waals surface area contributed by atoms with Crippen molar-refractivity contribution in [3.63, 3.8) is 0 Å². The summed E-state index contributed by atoms with van der Waals surface area (Å²) in [5.41, 5.74) is 6.54. The summed E-state index contributed by atoms with van der Waals surface area (Å²) in [5.74, 6) is -0.446. The Labute approximate surface area is 945 Å². The summed E-state index contributed by atoms with van der Waals surface area (Å²) >= 11 is 5.32. The second-order valence-corrected chi connectivity index (χ2v) is 39.2. The Morgan fingerprint density at radius 3 is 0.897 bits per heavy atom. The molecule has 0 atom stereocenters. The Morgan fingerprint density at radius 1 is 0.372 bits per heavy atom. The van der Waals surface area contributed by atoms with E-state index in [9.17, 15) is 54.8 Å². The first-order valence-electron chi connectivity index (χ1n) is 43.5. The van der Waals surface area contributed by atoms with Gasteiger partial charge >= 0.3 is 69.9 Å². The molecule has 0 saturated carbocycles. The molecule has 5 N–H and O–H groups in total. The molecule has 0 amide bonds. The largest absolute Gasteiger partial charge is 1.00 e. The Hall–Kier alpha value is -12.7. The number of nitrogens with one attached hydrogen (secondary N) is 1. The number of Topliss-reactive ketones (excluding diaryl/α,β-unsaturated/α-hetero) is 2. The van der Waals surface area contributed by atoms with E-state index in [-0.39, 0.29) is 174 Å². The maximum atomic E-state index is 11.8. The minimum Gasteiger partial charge on any atom is -0.662 e. The maximum Gasteiger partial charge on any atom is 1.00 e. The van der Waals surface area contributed by atoms with Gasteiger partial charge in [0.2, 0.25) is 5.15 Å². The van der Waals surface area contributed by atoms with E-state index in [0.717, 1.165) is 35.4 Å². The van der Waals surface area contributed by atoms with Crippen molar-refractivity contribution in [2.75, 3.05) is 5.73 Å². The van der Waals surface area contributed by atoms with Crippen molar-refractivity contribution in [2.24, 2.45) is 0 Å². The van der Waals surface area contributed by atoms with Crippen molar-refractivity contribution in [1.82, 2.24) is 19.9 Å². The minimum atomic E-state index is -1.58. The maximum absolute atomic E-state index is 11.8. The molecule has 0 fully saturated rings. The molecule has 145 heavy (non-hydrogen) atoms. The summed E-state index contributed by atoms with van der Waals surface area (Å²) in [6, 6.07) is 153. The monoisotopic (exact) mass is 2160 g/mol. The van der Waals surface area contributed by atoms with Crippen LogP contribution in [0.3, 0.4) is 0 Å². The summed E-state index contributed by atoms with van der Waals surface area (Å²) < 4.78 is 0. The third kappa shape index (κ3) is 35.6. The topological polar surface area (TPSA) is 394 Å². The predicted octanol–water partition coefficient (Wildman–Crippen LogP) is 14.4. The number of fused-ring (bicyclic) bond motifs is 3. The third-order valence-electron chi connectivity index (χ3n) is 20.4. The van der Waals surface area contributed by atoms with E-state index in [2.05, 4.69) is 389 Å². The zero-order valence-corrected chi connectivity index (χ0v) is 90.6. The van der Waals surface area contributed by atoms with Crippen LogP contribution in [0.2, 0.25) is 5.15 Å². The van der Waals surface area contributed by atoms with Crippen LogP contribution >= 0.6 is 43.3 Å². The molecule has 1 radical (unpaired) electrons. The number of nitro groups is 4. The first-order chi connectivity index (χ1) is 69.0. The number of benzene rings is 15. The number of anilines is 1. The normalized spacial score (nSPS) is 10.0. The molecule has 0 unspecified atom stereocenters. The molecule has 717 valence electrons. The number of hydrogen-bond acceptors (Lipinski definition) is 20. The van der Waals surface area contributed by atoms with Crippen LogP contribution in [0.1, 0.15) is 34.6 Å².